The van der Waals surface area contributed by atoms with E-state index in [0.29, 0.717) is 20.6 Å². The molecule has 0 amide bonds. The van der Waals surface area contributed by atoms with Crippen LogP contribution < -0.4 is 19.8 Å². The molecular weight excluding hydrogens is 619 g/mol. The Kier molecular flexibility index (Phi) is 7.99. The van der Waals surface area contributed by atoms with E-state index in [4.69, 9.17) is 9.73 Å². The van der Waals surface area contributed by atoms with Crippen molar-refractivity contribution in [3.05, 3.63) is 139 Å². The third-order valence-electron chi connectivity index (χ3n) is 7.89. The third-order valence-corrected chi connectivity index (χ3v) is 10.7. The molecule has 2 aliphatic rings. The Hall–Kier alpha value is -4.31. The van der Waals surface area contributed by atoms with Gasteiger partial charge in [0.1, 0.15) is 0 Å². The number of para-hydroxylation sites is 1. The molecule has 224 valence electrons. The fraction of sp³-hybridized carbons (Fsp3) is 0.139. The summed E-state index contributed by atoms with van der Waals surface area (Å²) in [5, 5.41) is 0. The molecule has 1 atom stereocenters. The zero-order valence-electron chi connectivity index (χ0n) is 24.9. The second-order valence-corrected chi connectivity index (χ2v) is 13.5. The Balaban J connectivity index is 1.41. The van der Waals surface area contributed by atoms with Gasteiger partial charge in [0.05, 0.1) is 39.8 Å². The number of fused-ring (bicyclic) bond motifs is 3. The van der Waals surface area contributed by atoms with E-state index in [9.17, 15) is 9.59 Å². The summed E-state index contributed by atoms with van der Waals surface area (Å²) < 4.78 is 7.79. The van der Waals surface area contributed by atoms with Crippen molar-refractivity contribution < 1.29 is 9.53 Å². The van der Waals surface area contributed by atoms with Gasteiger partial charge in [0.25, 0.3) is 5.56 Å². The van der Waals surface area contributed by atoms with E-state index in [2.05, 4.69) is 48.3 Å². The van der Waals surface area contributed by atoms with Crippen molar-refractivity contribution in [2.75, 3.05) is 24.8 Å². The van der Waals surface area contributed by atoms with Gasteiger partial charge < -0.3 is 9.64 Å². The van der Waals surface area contributed by atoms with E-state index < -0.39 is 12.0 Å². The highest BCUT2D eigenvalue weighted by Gasteiger charge is 2.35. The summed E-state index contributed by atoms with van der Waals surface area (Å²) in [5.41, 5.74) is 5.51. The highest BCUT2D eigenvalue weighted by molar-refractivity contribution is 7.99. The minimum absolute atomic E-state index is 0.195. The molecule has 9 heteroatoms. The summed E-state index contributed by atoms with van der Waals surface area (Å²) >= 11 is 4.70. The quantitative estimate of drug-likeness (QED) is 0.148. The summed E-state index contributed by atoms with van der Waals surface area (Å²) in [7, 11) is 2.08. The van der Waals surface area contributed by atoms with Gasteiger partial charge in [-0.15, -0.1) is 11.8 Å². The van der Waals surface area contributed by atoms with E-state index in [-0.39, 0.29) is 12.2 Å². The highest BCUT2D eigenvalue weighted by Crippen LogP contribution is 2.47. The van der Waals surface area contributed by atoms with Crippen LogP contribution in [0.5, 0.6) is 0 Å². The molecule has 0 fully saturated rings. The smallest absolute Gasteiger partial charge is 0.338 e. The topological polar surface area (TPSA) is 63.9 Å². The number of hydrogen-bond donors (Lipinski definition) is 0. The maximum atomic E-state index is 14.3. The lowest BCUT2D eigenvalue weighted by atomic mass is 9.93. The largest absolute Gasteiger partial charge is 0.463 e. The molecule has 3 heterocycles. The van der Waals surface area contributed by atoms with Crippen LogP contribution in [0.4, 0.5) is 11.4 Å². The molecule has 0 saturated carbocycles. The predicted octanol–water partition coefficient (Wildman–Crippen LogP) is 6.89. The molecule has 0 radical (unpaired) electrons. The Labute approximate surface area is 273 Å². The minimum Gasteiger partial charge on any atom is -0.463 e. The van der Waals surface area contributed by atoms with Crippen molar-refractivity contribution >= 4 is 64.0 Å². The monoisotopic (exact) mass is 647 g/mol. The fourth-order valence-corrected chi connectivity index (χ4v) is 8.35. The molecular formula is C36H29N3O3S3. The van der Waals surface area contributed by atoms with E-state index in [1.807, 2.05) is 73.0 Å². The van der Waals surface area contributed by atoms with Gasteiger partial charge in [0, 0.05) is 27.3 Å². The maximum absolute atomic E-state index is 14.3. The lowest BCUT2D eigenvalue weighted by Crippen LogP contribution is -2.40. The van der Waals surface area contributed by atoms with Gasteiger partial charge in [0.2, 0.25) is 0 Å². The summed E-state index contributed by atoms with van der Waals surface area (Å²) in [6, 6.07) is 31.5. The number of carbonyl (C=O) groups is 1. The van der Waals surface area contributed by atoms with Crippen LogP contribution in [0, 0.1) is 0 Å². The summed E-state index contributed by atoms with van der Waals surface area (Å²) in [4.78, 5) is 39.1. The van der Waals surface area contributed by atoms with Crippen LogP contribution in [-0.4, -0.2) is 30.4 Å². The number of thiazole rings is 1. The number of hydrogen-bond acceptors (Lipinski definition) is 8. The molecule has 0 unspecified atom stereocenters. The zero-order valence-corrected chi connectivity index (χ0v) is 27.3. The van der Waals surface area contributed by atoms with E-state index in [0.717, 1.165) is 32.2 Å². The van der Waals surface area contributed by atoms with E-state index >= 15 is 0 Å². The van der Waals surface area contributed by atoms with Gasteiger partial charge in [-0.2, -0.15) is 0 Å². The van der Waals surface area contributed by atoms with Crippen LogP contribution in [0.3, 0.4) is 0 Å². The van der Waals surface area contributed by atoms with E-state index in [1.54, 1.807) is 35.0 Å². The SMILES string of the molecule is CCOC(=O)C1=C(c2ccccc2)N=c2s/c(=C/c3ccc4c(c3)Sc3ccccc3N4C)c(=O)n2[C@H]1c1ccc(SC)cc1. The maximum Gasteiger partial charge on any atom is 0.338 e. The van der Waals surface area contributed by atoms with Crippen molar-refractivity contribution in [1.82, 2.24) is 4.57 Å². The highest BCUT2D eigenvalue weighted by atomic mass is 32.2. The van der Waals surface area contributed by atoms with Crippen molar-refractivity contribution in [3.63, 3.8) is 0 Å². The summed E-state index contributed by atoms with van der Waals surface area (Å²) in [5.74, 6) is -0.482. The first-order valence-electron chi connectivity index (χ1n) is 14.5. The lowest BCUT2D eigenvalue weighted by Gasteiger charge is -2.29. The Bertz CT molecular complexity index is 2150. The Morgan fingerprint density at radius 3 is 2.44 bits per heavy atom. The second kappa shape index (κ2) is 12.2. The average molecular weight is 648 g/mol. The minimum atomic E-state index is -0.696. The molecule has 0 aliphatic carbocycles. The first-order valence-corrected chi connectivity index (χ1v) is 17.4. The summed E-state index contributed by atoms with van der Waals surface area (Å²) in [6.45, 7) is 1.99. The van der Waals surface area contributed by atoms with Crippen LogP contribution in [0.2, 0.25) is 0 Å². The van der Waals surface area contributed by atoms with Gasteiger partial charge in [-0.05, 0) is 66.8 Å². The van der Waals surface area contributed by atoms with Crippen molar-refractivity contribution in [1.29, 1.82) is 0 Å². The number of rotatable bonds is 6. The average Bonchev–Trinajstić information content (AvgIpc) is 3.38. The van der Waals surface area contributed by atoms with Crippen molar-refractivity contribution in [2.24, 2.45) is 4.99 Å². The number of benzene rings is 4. The number of ether oxygens (including phenoxy) is 1. The van der Waals surface area contributed by atoms with Gasteiger partial charge in [-0.1, -0.05) is 83.8 Å². The van der Waals surface area contributed by atoms with Gasteiger partial charge in [0.15, 0.2) is 4.80 Å². The van der Waals surface area contributed by atoms with Crippen molar-refractivity contribution in [3.8, 4) is 0 Å². The lowest BCUT2D eigenvalue weighted by molar-refractivity contribution is -0.138. The molecule has 6 nitrogen and oxygen atoms in total. The molecule has 0 spiro atoms. The van der Waals surface area contributed by atoms with Crippen molar-refractivity contribution in [2.45, 2.75) is 27.7 Å². The number of aromatic nitrogens is 1. The normalized spacial score (nSPS) is 15.7. The predicted molar refractivity (Wildman–Crippen MR) is 184 cm³/mol. The zero-order chi connectivity index (χ0) is 31.1. The van der Waals surface area contributed by atoms with Crippen LogP contribution in [0.1, 0.15) is 29.7 Å². The molecule has 0 bridgehead atoms. The first-order chi connectivity index (χ1) is 22.0. The molecule has 7 rings (SSSR count). The number of thioether (sulfide) groups is 1. The van der Waals surface area contributed by atoms with Gasteiger partial charge in [-0.3, -0.25) is 9.36 Å². The first kappa shape index (κ1) is 29.4. The molecule has 4 aromatic carbocycles. The Morgan fingerprint density at radius 2 is 1.69 bits per heavy atom. The fourth-order valence-electron chi connectivity index (χ4n) is 5.74. The number of anilines is 2. The standard InChI is InChI=1S/C36H29N3O3S3/c1-4-42-35(41)31-32(23-10-6-5-7-11-23)37-36-39(33(31)24-15-17-25(43-3)18-16-24)34(40)30(45-36)21-22-14-19-27-29(20-22)44-28-13-9-8-12-26(28)38(27)2/h5-21,33H,4H2,1-3H3/b30-21+/t33-/m0/s1. The number of nitrogens with zero attached hydrogens (tertiary/aromatic N) is 3. The molecule has 0 N–H and O–H groups in total. The second-order valence-electron chi connectivity index (χ2n) is 10.6. The van der Waals surface area contributed by atoms with Crippen LogP contribution in [-0.2, 0) is 9.53 Å². The van der Waals surface area contributed by atoms with Crippen LogP contribution >= 0.6 is 34.9 Å². The van der Waals surface area contributed by atoms with Gasteiger partial charge >= 0.3 is 5.97 Å². The molecule has 1 aromatic heterocycles. The third kappa shape index (κ3) is 5.35. The molecule has 5 aromatic rings. The molecule has 0 saturated heterocycles. The van der Waals surface area contributed by atoms with Gasteiger partial charge in [-0.25, -0.2) is 9.79 Å². The van der Waals surface area contributed by atoms with E-state index in [1.165, 1.54) is 21.9 Å². The number of carbonyl (C=O) groups excluding carboxylic acids is 1. The molecule has 2 aliphatic heterocycles. The number of esters is 1. The van der Waals surface area contributed by atoms with Crippen LogP contribution in [0.25, 0.3) is 11.8 Å². The van der Waals surface area contributed by atoms with Crippen LogP contribution in [0.15, 0.2) is 127 Å². The summed E-state index contributed by atoms with van der Waals surface area (Å²) in [6.07, 6.45) is 3.95. The molecule has 45 heavy (non-hydrogen) atoms. The Morgan fingerprint density at radius 1 is 0.956 bits per heavy atom.